The SMILES string of the molecule is N=C(N)N1CCN(NC(=O)CC(=O)O)CC1. The average molecular weight is 229 g/mol. The molecule has 1 rings (SSSR count). The maximum atomic E-state index is 11.1. The summed E-state index contributed by atoms with van der Waals surface area (Å²) >= 11 is 0. The van der Waals surface area contributed by atoms with E-state index in [9.17, 15) is 9.59 Å². The van der Waals surface area contributed by atoms with Crippen molar-refractivity contribution in [1.29, 1.82) is 5.41 Å². The Balaban J connectivity index is 2.29. The normalized spacial score (nSPS) is 16.9. The maximum Gasteiger partial charge on any atom is 0.312 e. The van der Waals surface area contributed by atoms with Crippen molar-refractivity contribution in [1.82, 2.24) is 15.3 Å². The molecule has 0 aromatic carbocycles. The van der Waals surface area contributed by atoms with Crippen LogP contribution in [0.4, 0.5) is 0 Å². The van der Waals surface area contributed by atoms with E-state index in [1.165, 1.54) is 0 Å². The van der Waals surface area contributed by atoms with Crippen LogP contribution in [0, 0.1) is 5.41 Å². The van der Waals surface area contributed by atoms with Gasteiger partial charge in [0.05, 0.1) is 0 Å². The molecule has 90 valence electrons. The summed E-state index contributed by atoms with van der Waals surface area (Å²) in [6.07, 6.45) is -0.535. The summed E-state index contributed by atoms with van der Waals surface area (Å²) in [4.78, 5) is 23.1. The standard InChI is InChI=1S/C8H15N5O3/c9-8(10)12-1-3-13(4-2-12)11-6(14)5-7(15)16/h1-5H2,(H3,9,10)(H,11,14)(H,15,16). The van der Waals surface area contributed by atoms with Gasteiger partial charge >= 0.3 is 5.97 Å². The first-order valence-corrected chi connectivity index (χ1v) is 4.84. The van der Waals surface area contributed by atoms with Crippen LogP contribution in [0.15, 0.2) is 0 Å². The van der Waals surface area contributed by atoms with Crippen LogP contribution >= 0.6 is 0 Å². The minimum atomic E-state index is -1.15. The number of rotatable bonds is 3. The highest BCUT2D eigenvalue weighted by Crippen LogP contribution is 1.98. The highest BCUT2D eigenvalue weighted by Gasteiger charge is 2.19. The van der Waals surface area contributed by atoms with Crippen molar-refractivity contribution in [2.24, 2.45) is 5.73 Å². The Morgan fingerprint density at radius 1 is 1.31 bits per heavy atom. The number of hydrogen-bond donors (Lipinski definition) is 4. The molecule has 8 nitrogen and oxygen atoms in total. The molecule has 0 aromatic rings. The molecule has 0 saturated carbocycles. The number of nitrogens with zero attached hydrogens (tertiary/aromatic N) is 2. The molecule has 0 aromatic heterocycles. The van der Waals surface area contributed by atoms with Crippen LogP contribution in [0.2, 0.25) is 0 Å². The number of guanidine groups is 1. The van der Waals surface area contributed by atoms with Crippen molar-refractivity contribution < 1.29 is 14.7 Å². The van der Waals surface area contributed by atoms with Crippen LogP contribution in [-0.4, -0.2) is 59.0 Å². The smallest absolute Gasteiger partial charge is 0.312 e. The molecule has 0 spiro atoms. The van der Waals surface area contributed by atoms with E-state index in [0.29, 0.717) is 26.2 Å². The van der Waals surface area contributed by atoms with Crippen LogP contribution < -0.4 is 11.2 Å². The third kappa shape index (κ3) is 3.73. The first-order valence-electron chi connectivity index (χ1n) is 4.84. The van der Waals surface area contributed by atoms with Crippen molar-refractivity contribution >= 4 is 17.8 Å². The fourth-order valence-electron chi connectivity index (χ4n) is 1.41. The van der Waals surface area contributed by atoms with E-state index in [-0.39, 0.29) is 5.96 Å². The number of amides is 1. The van der Waals surface area contributed by atoms with Gasteiger partial charge in [-0.15, -0.1) is 0 Å². The van der Waals surface area contributed by atoms with E-state index < -0.39 is 18.3 Å². The largest absolute Gasteiger partial charge is 0.481 e. The van der Waals surface area contributed by atoms with E-state index in [4.69, 9.17) is 16.2 Å². The maximum absolute atomic E-state index is 11.1. The second-order valence-electron chi connectivity index (χ2n) is 3.46. The molecule has 1 aliphatic heterocycles. The number of nitrogens with one attached hydrogen (secondary N) is 2. The third-order valence-corrected chi connectivity index (χ3v) is 2.21. The van der Waals surface area contributed by atoms with Crippen molar-refractivity contribution in [3.8, 4) is 0 Å². The Labute approximate surface area is 92.5 Å². The van der Waals surface area contributed by atoms with Crippen molar-refractivity contribution in [2.45, 2.75) is 6.42 Å². The van der Waals surface area contributed by atoms with Gasteiger partial charge in [0, 0.05) is 26.2 Å². The Kier molecular flexibility index (Phi) is 4.06. The first-order chi connectivity index (χ1) is 7.49. The summed E-state index contributed by atoms with van der Waals surface area (Å²) < 4.78 is 0. The van der Waals surface area contributed by atoms with Gasteiger partial charge in [-0.3, -0.25) is 20.4 Å². The Morgan fingerprint density at radius 3 is 2.31 bits per heavy atom. The summed E-state index contributed by atoms with van der Waals surface area (Å²) in [5.41, 5.74) is 7.79. The molecule has 5 N–H and O–H groups in total. The van der Waals surface area contributed by atoms with Gasteiger partial charge in [0.1, 0.15) is 6.42 Å². The van der Waals surface area contributed by atoms with Gasteiger partial charge < -0.3 is 15.7 Å². The van der Waals surface area contributed by atoms with Gasteiger partial charge in [-0.25, -0.2) is 5.01 Å². The number of piperazine rings is 1. The highest BCUT2D eigenvalue weighted by atomic mass is 16.4. The summed E-state index contributed by atoms with van der Waals surface area (Å²) in [5.74, 6) is -1.68. The lowest BCUT2D eigenvalue weighted by Crippen LogP contribution is -2.56. The minimum absolute atomic E-state index is 0.0107. The fourth-order valence-corrected chi connectivity index (χ4v) is 1.41. The molecule has 0 bridgehead atoms. The Hall–Kier alpha value is -1.83. The van der Waals surface area contributed by atoms with Crippen molar-refractivity contribution in [3.05, 3.63) is 0 Å². The first kappa shape index (κ1) is 12.2. The lowest BCUT2D eigenvalue weighted by Gasteiger charge is -2.34. The van der Waals surface area contributed by atoms with Gasteiger partial charge in [0.25, 0.3) is 0 Å². The lowest BCUT2D eigenvalue weighted by atomic mass is 10.3. The third-order valence-electron chi connectivity index (χ3n) is 2.21. The summed E-state index contributed by atoms with van der Waals surface area (Å²) in [6, 6.07) is 0. The second-order valence-corrected chi connectivity index (χ2v) is 3.46. The van der Waals surface area contributed by atoms with Gasteiger partial charge in [0.2, 0.25) is 5.91 Å². The molecular weight excluding hydrogens is 214 g/mol. The molecule has 1 amide bonds. The van der Waals surface area contributed by atoms with Crippen molar-refractivity contribution in [2.75, 3.05) is 26.2 Å². The molecule has 0 unspecified atom stereocenters. The van der Waals surface area contributed by atoms with Gasteiger partial charge in [0.15, 0.2) is 5.96 Å². The number of hydrogen-bond acceptors (Lipinski definition) is 4. The molecule has 1 heterocycles. The Bertz CT molecular complexity index is 298. The predicted octanol–water partition coefficient (Wildman–Crippen LogP) is -2.00. The molecule has 1 saturated heterocycles. The minimum Gasteiger partial charge on any atom is -0.481 e. The number of carbonyl (C=O) groups excluding carboxylic acids is 1. The predicted molar refractivity (Wildman–Crippen MR) is 55.5 cm³/mol. The van der Waals surface area contributed by atoms with E-state index in [1.807, 2.05) is 0 Å². The fraction of sp³-hybridized carbons (Fsp3) is 0.625. The van der Waals surface area contributed by atoms with E-state index >= 15 is 0 Å². The summed E-state index contributed by atoms with van der Waals surface area (Å²) in [5, 5.41) is 17.2. The van der Waals surface area contributed by atoms with E-state index in [2.05, 4.69) is 5.43 Å². The monoisotopic (exact) mass is 229 g/mol. The van der Waals surface area contributed by atoms with Crippen molar-refractivity contribution in [3.63, 3.8) is 0 Å². The molecule has 16 heavy (non-hydrogen) atoms. The van der Waals surface area contributed by atoms with Crippen LogP contribution in [0.5, 0.6) is 0 Å². The number of carboxylic acid groups (broad SMARTS) is 1. The van der Waals surface area contributed by atoms with Crippen LogP contribution in [0.25, 0.3) is 0 Å². The number of carboxylic acids is 1. The topological polar surface area (TPSA) is 123 Å². The number of nitrogens with two attached hydrogens (primary N) is 1. The quantitative estimate of drug-likeness (QED) is 0.252. The van der Waals surface area contributed by atoms with Gasteiger partial charge in [-0.2, -0.15) is 0 Å². The number of aliphatic carboxylic acids is 1. The number of carbonyl (C=O) groups is 2. The van der Waals surface area contributed by atoms with E-state index in [0.717, 1.165) is 0 Å². The molecule has 1 fully saturated rings. The van der Waals surface area contributed by atoms with Crippen LogP contribution in [0.1, 0.15) is 6.42 Å². The zero-order valence-electron chi connectivity index (χ0n) is 8.77. The number of hydrazine groups is 1. The molecule has 0 radical (unpaired) electrons. The second kappa shape index (κ2) is 5.31. The molecular formula is C8H15N5O3. The molecule has 1 aliphatic rings. The van der Waals surface area contributed by atoms with Crippen LogP contribution in [0.3, 0.4) is 0 Å². The average Bonchev–Trinajstić information content (AvgIpc) is 2.16. The van der Waals surface area contributed by atoms with Gasteiger partial charge in [-0.1, -0.05) is 0 Å². The summed E-state index contributed by atoms with van der Waals surface area (Å²) in [6.45, 7) is 2.13. The summed E-state index contributed by atoms with van der Waals surface area (Å²) in [7, 11) is 0. The lowest BCUT2D eigenvalue weighted by molar-refractivity contribution is -0.142. The Morgan fingerprint density at radius 2 is 1.88 bits per heavy atom. The van der Waals surface area contributed by atoms with E-state index in [1.54, 1.807) is 9.91 Å². The molecule has 8 heteroatoms. The van der Waals surface area contributed by atoms with Crippen LogP contribution in [-0.2, 0) is 9.59 Å². The zero-order chi connectivity index (χ0) is 12.1. The molecule has 0 atom stereocenters. The molecule has 0 aliphatic carbocycles. The highest BCUT2D eigenvalue weighted by molar-refractivity contribution is 5.93. The zero-order valence-corrected chi connectivity index (χ0v) is 8.77. The van der Waals surface area contributed by atoms with Gasteiger partial charge in [-0.05, 0) is 0 Å².